The van der Waals surface area contributed by atoms with Gasteiger partial charge in [0.25, 0.3) is 0 Å². The number of rotatable bonds is 6. The molecule has 2 aromatic carbocycles. The summed E-state index contributed by atoms with van der Waals surface area (Å²) in [5, 5.41) is 4.01. The van der Waals surface area contributed by atoms with Gasteiger partial charge < -0.3 is 24.7 Å². The first-order valence-corrected chi connectivity index (χ1v) is 15.7. The van der Waals surface area contributed by atoms with Crippen LogP contribution >= 0.6 is 0 Å². The summed E-state index contributed by atoms with van der Waals surface area (Å²) < 4.78 is 11.4. The molecule has 3 heterocycles. The summed E-state index contributed by atoms with van der Waals surface area (Å²) in [5.74, 6) is -0.333. The molecule has 2 fully saturated rings. The lowest BCUT2D eigenvalue weighted by atomic mass is 9.83. The standard InChI is InChI=1S/C35H42N4O5/c1-35(2,3)44-33(41)37-30(24-14-8-5-9-15-24)32(40)38-19-18-29-31(38)27(26-20-36-28-17-11-10-16-25(26)28)21-39(29)34(42)43-22-23-12-6-4-7-13-23/h4,6-7,10-13,16-20,24,27,29-31,36H,5,8-9,14-15,21-22H2,1-3H3,(H,37,41)/t27-,29-,30+,31-/m1/s1. The van der Waals surface area contributed by atoms with Crippen LogP contribution in [0.15, 0.2) is 73.1 Å². The van der Waals surface area contributed by atoms with Crippen LogP contribution in [0.4, 0.5) is 9.59 Å². The van der Waals surface area contributed by atoms with Crippen LogP contribution < -0.4 is 5.32 Å². The number of nitrogens with zero attached hydrogens (tertiary/aromatic N) is 2. The Kier molecular flexibility index (Phi) is 8.38. The maximum atomic E-state index is 14.5. The maximum absolute atomic E-state index is 14.5. The molecular formula is C35H42N4O5. The van der Waals surface area contributed by atoms with Gasteiger partial charge in [-0.15, -0.1) is 0 Å². The van der Waals surface area contributed by atoms with Crippen molar-refractivity contribution in [2.75, 3.05) is 6.54 Å². The van der Waals surface area contributed by atoms with E-state index in [-0.39, 0.29) is 36.4 Å². The van der Waals surface area contributed by atoms with E-state index in [9.17, 15) is 14.4 Å². The number of alkyl carbamates (subject to hydrolysis) is 1. The van der Waals surface area contributed by atoms with Crippen molar-refractivity contribution in [3.8, 4) is 0 Å². The summed E-state index contributed by atoms with van der Waals surface area (Å²) in [4.78, 5) is 47.9. The predicted molar refractivity (Wildman–Crippen MR) is 168 cm³/mol. The number of carbonyl (C=O) groups is 3. The number of hydrogen-bond acceptors (Lipinski definition) is 5. The number of amides is 3. The first-order chi connectivity index (χ1) is 21.2. The molecule has 232 valence electrons. The van der Waals surface area contributed by atoms with E-state index in [4.69, 9.17) is 9.47 Å². The third kappa shape index (κ3) is 6.18. The fraction of sp³-hybridized carbons (Fsp3) is 0.457. The summed E-state index contributed by atoms with van der Waals surface area (Å²) in [6, 6.07) is 16.2. The van der Waals surface area contributed by atoms with Gasteiger partial charge in [-0.25, -0.2) is 9.59 Å². The summed E-state index contributed by atoms with van der Waals surface area (Å²) in [6.45, 7) is 6.00. The Morgan fingerprint density at radius 3 is 2.48 bits per heavy atom. The molecule has 3 aromatic rings. The van der Waals surface area contributed by atoms with Gasteiger partial charge in [-0.1, -0.05) is 67.8 Å². The number of H-pyrrole nitrogens is 1. The molecule has 1 aliphatic carbocycles. The number of nitrogens with one attached hydrogen (secondary N) is 2. The van der Waals surface area contributed by atoms with E-state index in [1.54, 1.807) is 16.0 Å². The number of ether oxygens (including phenoxy) is 2. The molecule has 3 aliphatic rings. The average molecular weight is 599 g/mol. The second kappa shape index (κ2) is 12.4. The number of carbonyl (C=O) groups excluding carboxylic acids is 3. The number of aromatic nitrogens is 1. The molecule has 9 nitrogen and oxygen atoms in total. The zero-order valence-corrected chi connectivity index (χ0v) is 25.7. The van der Waals surface area contributed by atoms with Crippen LogP contribution in [0.2, 0.25) is 0 Å². The van der Waals surface area contributed by atoms with Gasteiger partial charge in [-0.3, -0.25) is 9.69 Å². The van der Waals surface area contributed by atoms with Gasteiger partial charge in [0.2, 0.25) is 5.91 Å². The van der Waals surface area contributed by atoms with Crippen LogP contribution in [0.25, 0.3) is 10.9 Å². The maximum Gasteiger partial charge on any atom is 0.410 e. The molecule has 9 heteroatoms. The minimum Gasteiger partial charge on any atom is -0.445 e. The number of likely N-dealkylation sites (tertiary alicyclic amines) is 1. The number of fused-ring (bicyclic) bond motifs is 2. The molecular weight excluding hydrogens is 556 g/mol. The average Bonchev–Trinajstić information content (AvgIpc) is 3.73. The van der Waals surface area contributed by atoms with Crippen molar-refractivity contribution >= 4 is 29.0 Å². The Balaban J connectivity index is 1.30. The van der Waals surface area contributed by atoms with E-state index in [0.717, 1.165) is 54.1 Å². The second-order valence-corrected chi connectivity index (χ2v) is 13.2. The first kappa shape index (κ1) is 29.8. The van der Waals surface area contributed by atoms with E-state index in [2.05, 4.69) is 16.4 Å². The Hall–Kier alpha value is -4.27. The Morgan fingerprint density at radius 1 is 1.00 bits per heavy atom. The van der Waals surface area contributed by atoms with Gasteiger partial charge in [0.15, 0.2) is 0 Å². The third-order valence-corrected chi connectivity index (χ3v) is 9.05. The molecule has 1 saturated carbocycles. The van der Waals surface area contributed by atoms with Gasteiger partial charge in [0.05, 0.1) is 12.1 Å². The zero-order valence-electron chi connectivity index (χ0n) is 25.7. The van der Waals surface area contributed by atoms with Gasteiger partial charge in [0, 0.05) is 35.8 Å². The van der Waals surface area contributed by atoms with E-state index >= 15 is 0 Å². The van der Waals surface area contributed by atoms with Gasteiger partial charge in [0.1, 0.15) is 18.2 Å². The monoisotopic (exact) mass is 598 g/mol. The van der Waals surface area contributed by atoms with Gasteiger partial charge in [-0.05, 0) is 62.8 Å². The van der Waals surface area contributed by atoms with Gasteiger partial charge in [-0.2, -0.15) is 0 Å². The molecule has 1 aromatic heterocycles. The quantitative estimate of drug-likeness (QED) is 0.339. The highest BCUT2D eigenvalue weighted by atomic mass is 16.6. The van der Waals surface area contributed by atoms with E-state index in [1.165, 1.54) is 0 Å². The van der Waals surface area contributed by atoms with Crippen LogP contribution in [-0.2, 0) is 20.9 Å². The van der Waals surface area contributed by atoms with Crippen molar-refractivity contribution in [1.29, 1.82) is 0 Å². The Bertz CT molecular complexity index is 1520. The number of benzene rings is 2. The molecule has 6 rings (SSSR count). The smallest absolute Gasteiger partial charge is 0.410 e. The molecule has 1 saturated heterocycles. The Morgan fingerprint density at radius 2 is 1.73 bits per heavy atom. The van der Waals surface area contributed by atoms with Crippen molar-refractivity contribution in [2.45, 2.75) is 89.1 Å². The van der Waals surface area contributed by atoms with Crippen LogP contribution in [0.5, 0.6) is 0 Å². The zero-order chi connectivity index (χ0) is 30.8. The van der Waals surface area contributed by atoms with E-state index in [1.807, 2.05) is 81.6 Å². The van der Waals surface area contributed by atoms with Crippen LogP contribution in [0.3, 0.4) is 0 Å². The van der Waals surface area contributed by atoms with Crippen molar-refractivity contribution in [2.24, 2.45) is 5.92 Å². The topological polar surface area (TPSA) is 104 Å². The third-order valence-electron chi connectivity index (χ3n) is 9.05. The molecule has 4 atom stereocenters. The lowest BCUT2D eigenvalue weighted by Gasteiger charge is -2.36. The highest BCUT2D eigenvalue weighted by Crippen LogP contribution is 2.43. The summed E-state index contributed by atoms with van der Waals surface area (Å²) in [7, 11) is 0. The van der Waals surface area contributed by atoms with Crippen LogP contribution in [0, 0.1) is 5.92 Å². The van der Waals surface area contributed by atoms with Crippen molar-refractivity contribution in [3.63, 3.8) is 0 Å². The molecule has 0 bridgehead atoms. The number of hydrogen-bond donors (Lipinski definition) is 2. The highest BCUT2D eigenvalue weighted by molar-refractivity contribution is 5.89. The van der Waals surface area contributed by atoms with E-state index < -0.39 is 23.8 Å². The first-order valence-electron chi connectivity index (χ1n) is 15.7. The van der Waals surface area contributed by atoms with Crippen molar-refractivity contribution < 1.29 is 23.9 Å². The molecule has 3 amide bonds. The van der Waals surface area contributed by atoms with Crippen LogP contribution in [0.1, 0.15) is 69.9 Å². The minimum absolute atomic E-state index is 0.0103. The lowest BCUT2D eigenvalue weighted by Crippen LogP contribution is -2.55. The van der Waals surface area contributed by atoms with Gasteiger partial charge >= 0.3 is 12.2 Å². The molecule has 44 heavy (non-hydrogen) atoms. The molecule has 2 N–H and O–H groups in total. The fourth-order valence-corrected chi connectivity index (χ4v) is 7.07. The van der Waals surface area contributed by atoms with E-state index in [0.29, 0.717) is 6.54 Å². The summed E-state index contributed by atoms with van der Waals surface area (Å²) in [6.07, 6.45) is 9.59. The largest absolute Gasteiger partial charge is 0.445 e. The number of para-hydroxylation sites is 1. The highest BCUT2D eigenvalue weighted by Gasteiger charge is 2.52. The molecule has 0 radical (unpaired) electrons. The summed E-state index contributed by atoms with van der Waals surface area (Å²) >= 11 is 0. The lowest BCUT2D eigenvalue weighted by molar-refractivity contribution is -0.134. The van der Waals surface area contributed by atoms with Crippen LogP contribution in [-0.4, -0.2) is 63.1 Å². The summed E-state index contributed by atoms with van der Waals surface area (Å²) in [5.41, 5.74) is 2.27. The number of aromatic amines is 1. The Labute approximate surface area is 258 Å². The minimum atomic E-state index is -0.726. The molecule has 0 unspecified atom stereocenters. The normalized spacial score (nSPS) is 22.6. The second-order valence-electron chi connectivity index (χ2n) is 13.2. The SMILES string of the molecule is CC(C)(C)OC(=O)N[C@H](C(=O)N1C=C[C@@H]2[C@H]1[C@@H](c1c[nH]c3ccccc13)CN2C(=O)OCc1ccccc1)C1CCCCC1. The molecule has 0 spiro atoms. The van der Waals surface area contributed by atoms with Crippen molar-refractivity contribution in [1.82, 2.24) is 20.1 Å². The fourth-order valence-electron chi connectivity index (χ4n) is 7.07. The predicted octanol–water partition coefficient (Wildman–Crippen LogP) is 6.47. The molecule has 2 aliphatic heterocycles. The van der Waals surface area contributed by atoms with Crippen molar-refractivity contribution in [3.05, 3.63) is 84.2 Å².